The number of aliphatic hydroxyl groups is 5. The average molecular weight is 1140 g/mol. The van der Waals surface area contributed by atoms with Crippen molar-refractivity contribution in [2.45, 2.75) is 118 Å². The minimum Gasteiger partial charge on any atom is -0.511 e. The van der Waals surface area contributed by atoms with E-state index in [1.165, 1.54) is 96.5 Å². The van der Waals surface area contributed by atoms with Crippen LogP contribution in [0.1, 0.15) is 134 Å². The summed E-state index contributed by atoms with van der Waals surface area (Å²) < 4.78 is 10.4. The van der Waals surface area contributed by atoms with E-state index in [1.807, 2.05) is 30.3 Å². The van der Waals surface area contributed by atoms with Crippen molar-refractivity contribution >= 4 is 63.9 Å². The maximum absolute atomic E-state index is 12.6. The van der Waals surface area contributed by atoms with Crippen LogP contribution in [0.15, 0.2) is 128 Å². The van der Waals surface area contributed by atoms with Gasteiger partial charge in [-0.1, -0.05) is 36.4 Å². The quantitative estimate of drug-likeness (QED) is 0.0501. The van der Waals surface area contributed by atoms with Crippen LogP contribution >= 0.6 is 0 Å². The summed E-state index contributed by atoms with van der Waals surface area (Å²) >= 11 is 0. The van der Waals surface area contributed by atoms with E-state index in [1.54, 1.807) is 47.6 Å². The van der Waals surface area contributed by atoms with Gasteiger partial charge in [0.15, 0.2) is 57.8 Å². The lowest BCUT2D eigenvalue weighted by Gasteiger charge is -2.37. The fourth-order valence-corrected chi connectivity index (χ4v) is 9.40. The van der Waals surface area contributed by atoms with Gasteiger partial charge in [0.25, 0.3) is 0 Å². The summed E-state index contributed by atoms with van der Waals surface area (Å²) in [4.78, 5) is 118. The SMILES string of the molecule is CC(=O)C1=C(O)C(C)(C)C(=O)C(C)(C)C1=O.CC(=O)C1=C(O)C(C)=C(O)C(C)(C)C1=O.CC(=O)c1c(O)cc(O)cc1O.COC1=C(C)C(O)=C(C(=O)/C=C/c2ccccc2)C(=O)C1(C)C.COC1=C(C)C(O)=C(C(C)=O)C(=O)C1(C)C. The number of carbonyl (C=O) groups excluding carboxylic acids is 10. The minimum atomic E-state index is -1.25. The third-order valence-corrected chi connectivity index (χ3v) is 14.1. The van der Waals surface area contributed by atoms with E-state index in [4.69, 9.17) is 24.8 Å². The monoisotopic (exact) mass is 1140 g/mol. The molecule has 0 radical (unpaired) electrons. The molecule has 0 unspecified atom stereocenters. The first-order valence-electron chi connectivity index (χ1n) is 25.3. The maximum Gasteiger partial charge on any atom is 0.193 e. The van der Waals surface area contributed by atoms with E-state index in [0.29, 0.717) is 22.7 Å². The number of carbonyl (C=O) groups is 10. The highest BCUT2D eigenvalue weighted by Gasteiger charge is 2.54. The molecule has 0 heterocycles. The molecule has 6 rings (SSSR count). The van der Waals surface area contributed by atoms with Crippen LogP contribution in [0.5, 0.6) is 17.2 Å². The average Bonchev–Trinajstić information content (AvgIpc) is 2.60. The first-order chi connectivity index (χ1) is 37.3. The molecule has 0 aliphatic heterocycles. The smallest absolute Gasteiger partial charge is 0.193 e. The van der Waals surface area contributed by atoms with Crippen molar-refractivity contribution in [3.8, 4) is 17.2 Å². The van der Waals surface area contributed by atoms with Crippen LogP contribution in [-0.2, 0) is 52.6 Å². The molecule has 20 nitrogen and oxygen atoms in total. The van der Waals surface area contributed by atoms with Crippen molar-refractivity contribution in [1.82, 2.24) is 0 Å². The van der Waals surface area contributed by atoms with Crippen molar-refractivity contribution in [2.75, 3.05) is 14.2 Å². The molecule has 0 spiro atoms. The lowest BCUT2D eigenvalue weighted by molar-refractivity contribution is -0.145. The van der Waals surface area contributed by atoms with Crippen LogP contribution in [-0.4, -0.2) is 113 Å². The number of aromatic hydroxyl groups is 3. The lowest BCUT2D eigenvalue weighted by atomic mass is 9.63. The van der Waals surface area contributed by atoms with Gasteiger partial charge in [0.2, 0.25) is 0 Å². The lowest BCUT2D eigenvalue weighted by Crippen LogP contribution is -2.49. The van der Waals surface area contributed by atoms with E-state index in [2.05, 4.69) is 0 Å². The summed E-state index contributed by atoms with van der Waals surface area (Å²) in [5.74, 6) is -6.66. The first kappa shape index (κ1) is 69.2. The molecule has 0 saturated carbocycles. The molecule has 2 aromatic carbocycles. The highest BCUT2D eigenvalue weighted by atomic mass is 16.5. The van der Waals surface area contributed by atoms with Crippen LogP contribution in [0.4, 0.5) is 0 Å². The number of Topliss-reactive ketones (excluding diaryl/α,β-unsaturated/α-hetero) is 9. The van der Waals surface area contributed by atoms with Gasteiger partial charge in [0, 0.05) is 28.9 Å². The summed E-state index contributed by atoms with van der Waals surface area (Å²) in [6, 6.07) is 11.3. The van der Waals surface area contributed by atoms with Crippen molar-refractivity contribution in [2.24, 2.45) is 27.1 Å². The number of aliphatic hydroxyl groups excluding tert-OH is 5. The zero-order valence-electron chi connectivity index (χ0n) is 49.7. The summed E-state index contributed by atoms with van der Waals surface area (Å²) in [5, 5.41) is 76.3. The number of ether oxygens (including phenoxy) is 2. The second kappa shape index (κ2) is 25.7. The molecule has 4 aliphatic rings. The van der Waals surface area contributed by atoms with Gasteiger partial charge < -0.3 is 50.3 Å². The predicted octanol–water partition coefficient (Wildman–Crippen LogP) is 9.95. The van der Waals surface area contributed by atoms with E-state index in [9.17, 15) is 73.5 Å². The number of methoxy groups -OCH3 is 2. The Kier molecular flexibility index (Phi) is 21.7. The molecule has 20 heteroatoms. The van der Waals surface area contributed by atoms with Crippen LogP contribution in [0.25, 0.3) is 6.08 Å². The molecule has 82 heavy (non-hydrogen) atoms. The number of phenols is 3. The molecule has 0 atom stereocenters. The Bertz CT molecular complexity index is 3310. The van der Waals surface area contributed by atoms with Crippen LogP contribution in [0, 0.1) is 27.1 Å². The zero-order valence-corrected chi connectivity index (χ0v) is 49.7. The van der Waals surface area contributed by atoms with Crippen LogP contribution < -0.4 is 0 Å². The van der Waals surface area contributed by atoms with E-state index >= 15 is 0 Å². The number of benzene rings is 2. The Balaban J connectivity index is 0.000000356. The molecule has 0 aromatic heterocycles. The van der Waals surface area contributed by atoms with Crippen molar-refractivity contribution in [1.29, 1.82) is 0 Å². The second-order valence-corrected chi connectivity index (χ2v) is 22.1. The zero-order chi connectivity index (χ0) is 64.0. The highest BCUT2D eigenvalue weighted by molar-refractivity contribution is 6.30. The largest absolute Gasteiger partial charge is 0.511 e. The molecular weight excluding hydrogens is 1060 g/mol. The second-order valence-electron chi connectivity index (χ2n) is 22.1. The number of phenolic OH excluding ortho intramolecular Hbond substituents is 3. The fourth-order valence-electron chi connectivity index (χ4n) is 9.40. The van der Waals surface area contributed by atoms with Crippen molar-refractivity contribution in [3.05, 3.63) is 139 Å². The van der Waals surface area contributed by atoms with Gasteiger partial charge in [-0.25, -0.2) is 0 Å². The molecule has 0 amide bonds. The summed E-state index contributed by atoms with van der Waals surface area (Å²) in [6.07, 6.45) is 2.92. The Morgan fingerprint density at radius 3 is 1.17 bits per heavy atom. The van der Waals surface area contributed by atoms with Gasteiger partial charge in [0.1, 0.15) is 79.8 Å². The van der Waals surface area contributed by atoms with E-state index < -0.39 is 102 Å². The standard InChI is InChI=1S/C19H20O4.2C12H16O4.C11H14O4.C8H8O4/c1-12-16(21)15(17(22)19(2,3)18(12)23-4)14(20)11-10-13-8-6-5-7-9-13;1-6(13)7-8(14)11(2,3)10(16)12(4,5)9(7)15;1-6-9(14)8(7(2)13)10(15)12(3,4)11(6)16-5;1-5-8(13)7(6(2)12)10(15)11(3,4)9(5)14;1-4(9)8-6(11)2-5(10)3-7(8)12/h5-11,21H,1-4H3;2*14H,1-5H3;13-14H,1-4H3;2-3,10-12H,1H3/b11-10+;;;;. The number of rotatable bonds is 9. The van der Waals surface area contributed by atoms with Crippen LogP contribution in [0.3, 0.4) is 0 Å². The number of hydrogen-bond donors (Lipinski definition) is 8. The molecule has 442 valence electrons. The van der Waals surface area contributed by atoms with Gasteiger partial charge in [-0.3, -0.25) is 47.9 Å². The molecule has 0 fully saturated rings. The van der Waals surface area contributed by atoms with E-state index in [0.717, 1.165) is 17.7 Å². The topological polar surface area (TPSA) is 351 Å². The van der Waals surface area contributed by atoms with E-state index in [-0.39, 0.29) is 62.2 Å². The summed E-state index contributed by atoms with van der Waals surface area (Å²) in [7, 11) is 2.89. The third kappa shape index (κ3) is 13.6. The number of hydrogen-bond acceptors (Lipinski definition) is 20. The predicted molar refractivity (Wildman–Crippen MR) is 301 cm³/mol. The fraction of sp³-hybridized carbons (Fsp3) is 0.387. The molecule has 2 aromatic rings. The van der Waals surface area contributed by atoms with Gasteiger partial charge in [0.05, 0.1) is 46.9 Å². The molecular formula is C62H74O20. The van der Waals surface area contributed by atoms with Gasteiger partial charge in [-0.05, 0) is 129 Å². The van der Waals surface area contributed by atoms with Gasteiger partial charge in [-0.15, -0.1) is 0 Å². The molecule has 0 saturated heterocycles. The first-order valence-corrected chi connectivity index (χ1v) is 25.3. The normalized spacial score (nSPS) is 18.8. The van der Waals surface area contributed by atoms with Crippen molar-refractivity contribution < 1.29 is 98.3 Å². The molecule has 8 N–H and O–H groups in total. The van der Waals surface area contributed by atoms with Gasteiger partial charge >= 0.3 is 0 Å². The maximum atomic E-state index is 12.6. The third-order valence-electron chi connectivity index (χ3n) is 14.1. The Morgan fingerprint density at radius 1 is 0.439 bits per heavy atom. The Morgan fingerprint density at radius 2 is 0.793 bits per heavy atom. The van der Waals surface area contributed by atoms with Crippen molar-refractivity contribution in [3.63, 3.8) is 0 Å². The Labute approximate surface area is 475 Å². The summed E-state index contributed by atoms with van der Waals surface area (Å²) in [5.41, 5.74) is -4.57. The number of allylic oxidation sites excluding steroid dienone is 12. The molecule has 4 aliphatic carbocycles. The molecule has 0 bridgehead atoms. The Hall–Kier alpha value is -8.94. The minimum absolute atomic E-state index is 0.136. The summed E-state index contributed by atoms with van der Waals surface area (Å²) in [6.45, 7) is 25.4. The highest BCUT2D eigenvalue weighted by Crippen LogP contribution is 2.45. The number of ketones is 10. The van der Waals surface area contributed by atoms with Gasteiger partial charge in [-0.2, -0.15) is 0 Å². The van der Waals surface area contributed by atoms with Crippen LogP contribution in [0.2, 0.25) is 0 Å².